The molecule has 2 rings (SSSR count). The topological polar surface area (TPSA) is 12.0 Å². The lowest BCUT2D eigenvalue weighted by molar-refractivity contribution is 0.446. The lowest BCUT2D eigenvalue weighted by Crippen LogP contribution is -2.33. The highest BCUT2D eigenvalue weighted by Gasteiger charge is 2.18. The van der Waals surface area contributed by atoms with E-state index in [1.165, 1.54) is 16.7 Å². The molecule has 0 amide bonds. The Morgan fingerprint density at radius 2 is 1.45 bits per heavy atom. The predicted octanol–water partition coefficient (Wildman–Crippen LogP) is 4.86. The lowest BCUT2D eigenvalue weighted by atomic mass is 9.94. The molecule has 20 heavy (non-hydrogen) atoms. The maximum atomic E-state index is 3.83. The summed E-state index contributed by atoms with van der Waals surface area (Å²) in [6, 6.07) is 20.3. The van der Waals surface area contributed by atoms with Crippen LogP contribution in [0.3, 0.4) is 0 Å². The molecular weight excluding hydrogens is 242 g/mol. The van der Waals surface area contributed by atoms with Gasteiger partial charge < -0.3 is 5.32 Å². The van der Waals surface area contributed by atoms with Crippen molar-refractivity contribution in [2.75, 3.05) is 0 Å². The summed E-state index contributed by atoms with van der Waals surface area (Å²) in [7, 11) is 0. The summed E-state index contributed by atoms with van der Waals surface area (Å²) in [6.45, 7) is 6.70. The molecule has 1 nitrogen and oxygen atoms in total. The van der Waals surface area contributed by atoms with Gasteiger partial charge >= 0.3 is 0 Å². The third-order valence-electron chi connectivity index (χ3n) is 4.02. The first-order valence-electron chi connectivity index (χ1n) is 7.62. The van der Waals surface area contributed by atoms with Crippen molar-refractivity contribution in [1.82, 2.24) is 5.32 Å². The van der Waals surface area contributed by atoms with E-state index < -0.39 is 0 Å². The van der Waals surface area contributed by atoms with E-state index >= 15 is 0 Å². The van der Waals surface area contributed by atoms with Gasteiger partial charge in [0.2, 0.25) is 0 Å². The van der Waals surface area contributed by atoms with Crippen LogP contribution in [0.25, 0.3) is 0 Å². The first-order chi connectivity index (χ1) is 9.76. The highest BCUT2D eigenvalue weighted by atomic mass is 14.9. The SMILES string of the molecule is CCC(CC)NC(c1ccccc1)c1ccccc1C. The molecule has 0 aliphatic rings. The molecule has 0 heterocycles. The molecule has 0 spiro atoms. The van der Waals surface area contributed by atoms with Gasteiger partial charge in [-0.05, 0) is 36.5 Å². The zero-order valence-corrected chi connectivity index (χ0v) is 12.8. The fourth-order valence-corrected chi connectivity index (χ4v) is 2.68. The Balaban J connectivity index is 2.37. The second-order valence-electron chi connectivity index (χ2n) is 5.38. The van der Waals surface area contributed by atoms with Crippen molar-refractivity contribution in [2.45, 2.75) is 45.7 Å². The van der Waals surface area contributed by atoms with Crippen LogP contribution in [0.2, 0.25) is 0 Å². The lowest BCUT2D eigenvalue weighted by Gasteiger charge is -2.26. The molecule has 0 aliphatic carbocycles. The van der Waals surface area contributed by atoms with E-state index in [1.54, 1.807) is 0 Å². The number of rotatable bonds is 6. The van der Waals surface area contributed by atoms with Gasteiger partial charge in [0.25, 0.3) is 0 Å². The molecule has 0 fully saturated rings. The average molecular weight is 267 g/mol. The number of nitrogens with one attached hydrogen (secondary N) is 1. The van der Waals surface area contributed by atoms with Gasteiger partial charge in [-0.3, -0.25) is 0 Å². The molecule has 0 saturated heterocycles. The van der Waals surface area contributed by atoms with Crippen LogP contribution in [0, 0.1) is 6.92 Å². The third-order valence-corrected chi connectivity index (χ3v) is 4.02. The Bertz CT molecular complexity index is 514. The molecule has 1 atom stereocenters. The summed E-state index contributed by atoms with van der Waals surface area (Å²) in [5.41, 5.74) is 4.07. The minimum absolute atomic E-state index is 0.280. The van der Waals surface area contributed by atoms with Crippen LogP contribution in [-0.2, 0) is 0 Å². The number of benzene rings is 2. The van der Waals surface area contributed by atoms with E-state index in [2.05, 4.69) is 80.7 Å². The molecule has 0 radical (unpaired) electrons. The fraction of sp³-hybridized carbons (Fsp3) is 0.368. The molecule has 0 aromatic heterocycles. The normalized spacial score (nSPS) is 12.6. The molecule has 0 bridgehead atoms. The molecule has 2 aromatic carbocycles. The van der Waals surface area contributed by atoms with E-state index in [-0.39, 0.29) is 6.04 Å². The Kier molecular flexibility index (Phi) is 5.37. The standard InChI is InChI=1S/C19H25N/c1-4-17(5-2)20-19(16-12-7-6-8-13-16)18-14-10-9-11-15(18)3/h6-14,17,19-20H,4-5H2,1-3H3. The molecule has 1 unspecified atom stereocenters. The summed E-state index contributed by atoms with van der Waals surface area (Å²) < 4.78 is 0. The summed E-state index contributed by atoms with van der Waals surface area (Å²) >= 11 is 0. The van der Waals surface area contributed by atoms with Crippen LogP contribution in [0.5, 0.6) is 0 Å². The molecular formula is C19H25N. The second-order valence-corrected chi connectivity index (χ2v) is 5.38. The zero-order chi connectivity index (χ0) is 14.4. The van der Waals surface area contributed by atoms with Crippen LogP contribution in [0.4, 0.5) is 0 Å². The van der Waals surface area contributed by atoms with Crippen molar-refractivity contribution in [3.8, 4) is 0 Å². The van der Waals surface area contributed by atoms with Crippen molar-refractivity contribution in [3.63, 3.8) is 0 Å². The fourth-order valence-electron chi connectivity index (χ4n) is 2.68. The highest BCUT2D eigenvalue weighted by Crippen LogP contribution is 2.26. The second kappa shape index (κ2) is 7.25. The summed E-state index contributed by atoms with van der Waals surface area (Å²) in [4.78, 5) is 0. The summed E-state index contributed by atoms with van der Waals surface area (Å²) in [5.74, 6) is 0. The zero-order valence-electron chi connectivity index (χ0n) is 12.8. The van der Waals surface area contributed by atoms with Crippen LogP contribution >= 0.6 is 0 Å². The molecule has 0 saturated carbocycles. The third kappa shape index (κ3) is 3.49. The van der Waals surface area contributed by atoms with Crippen LogP contribution in [0.15, 0.2) is 54.6 Å². The van der Waals surface area contributed by atoms with Crippen molar-refractivity contribution in [3.05, 3.63) is 71.3 Å². The maximum Gasteiger partial charge on any atom is 0.0581 e. The minimum atomic E-state index is 0.280. The maximum absolute atomic E-state index is 3.83. The van der Waals surface area contributed by atoms with Gasteiger partial charge in [-0.25, -0.2) is 0 Å². The molecule has 1 heteroatoms. The highest BCUT2D eigenvalue weighted by molar-refractivity contribution is 5.36. The quantitative estimate of drug-likeness (QED) is 0.788. The van der Waals surface area contributed by atoms with E-state index in [4.69, 9.17) is 0 Å². The van der Waals surface area contributed by atoms with Crippen LogP contribution < -0.4 is 5.32 Å². The van der Waals surface area contributed by atoms with Crippen molar-refractivity contribution < 1.29 is 0 Å². The van der Waals surface area contributed by atoms with E-state index in [1.807, 2.05) is 0 Å². The van der Waals surface area contributed by atoms with E-state index in [0.29, 0.717) is 6.04 Å². The van der Waals surface area contributed by atoms with Gasteiger partial charge in [-0.2, -0.15) is 0 Å². The number of aryl methyl sites for hydroxylation is 1. The van der Waals surface area contributed by atoms with E-state index in [0.717, 1.165) is 12.8 Å². The van der Waals surface area contributed by atoms with Gasteiger partial charge in [-0.1, -0.05) is 68.4 Å². The van der Waals surface area contributed by atoms with Gasteiger partial charge in [0.15, 0.2) is 0 Å². The monoisotopic (exact) mass is 267 g/mol. The number of hydrogen-bond donors (Lipinski definition) is 1. The molecule has 106 valence electrons. The molecule has 2 aromatic rings. The van der Waals surface area contributed by atoms with Gasteiger partial charge in [0, 0.05) is 6.04 Å². The Labute approximate surface area is 123 Å². The van der Waals surface area contributed by atoms with E-state index in [9.17, 15) is 0 Å². The smallest absolute Gasteiger partial charge is 0.0581 e. The minimum Gasteiger partial charge on any atom is -0.303 e. The van der Waals surface area contributed by atoms with Gasteiger partial charge in [-0.15, -0.1) is 0 Å². The Morgan fingerprint density at radius 1 is 0.850 bits per heavy atom. The molecule has 0 aliphatic heterocycles. The van der Waals surface area contributed by atoms with Gasteiger partial charge in [0.1, 0.15) is 0 Å². The first-order valence-corrected chi connectivity index (χ1v) is 7.62. The first kappa shape index (κ1) is 14.8. The largest absolute Gasteiger partial charge is 0.303 e. The van der Waals surface area contributed by atoms with Crippen molar-refractivity contribution >= 4 is 0 Å². The van der Waals surface area contributed by atoms with Gasteiger partial charge in [0.05, 0.1) is 6.04 Å². The molecule has 1 N–H and O–H groups in total. The van der Waals surface area contributed by atoms with Crippen LogP contribution in [0.1, 0.15) is 49.4 Å². The average Bonchev–Trinajstić information content (AvgIpc) is 2.51. The summed E-state index contributed by atoms with van der Waals surface area (Å²) in [5, 5.41) is 3.83. The van der Waals surface area contributed by atoms with Crippen molar-refractivity contribution in [2.24, 2.45) is 0 Å². The summed E-state index contributed by atoms with van der Waals surface area (Å²) in [6.07, 6.45) is 2.32. The van der Waals surface area contributed by atoms with Crippen molar-refractivity contribution in [1.29, 1.82) is 0 Å². The number of hydrogen-bond acceptors (Lipinski definition) is 1. The predicted molar refractivity (Wildman–Crippen MR) is 87.0 cm³/mol. The van der Waals surface area contributed by atoms with Crippen LogP contribution in [-0.4, -0.2) is 6.04 Å². The Morgan fingerprint density at radius 3 is 2.05 bits per heavy atom. The Hall–Kier alpha value is -1.60.